The van der Waals surface area contributed by atoms with Crippen molar-refractivity contribution in [2.45, 2.75) is 53.0 Å². The van der Waals surface area contributed by atoms with E-state index >= 15 is 0 Å². The molecule has 2 rings (SSSR count). The molecule has 1 heterocycles. The summed E-state index contributed by atoms with van der Waals surface area (Å²) in [5.41, 5.74) is 2.13. The molecule has 2 aromatic rings. The topological polar surface area (TPSA) is 84.0 Å². The zero-order chi connectivity index (χ0) is 19.1. The molecule has 0 saturated heterocycles. The van der Waals surface area contributed by atoms with Gasteiger partial charge in [0.2, 0.25) is 16.9 Å². The van der Waals surface area contributed by atoms with Crippen LogP contribution in [0.4, 0.5) is 5.13 Å². The molecule has 0 spiro atoms. The SMILES string of the molecule is CCCCC(=O)N[C@@H](C(=O)Nc1nnc(-c2ccc(C)cc2)s1)C(C)C. The number of anilines is 1. The van der Waals surface area contributed by atoms with Gasteiger partial charge in [-0.3, -0.25) is 14.9 Å². The van der Waals surface area contributed by atoms with Crippen LogP contribution < -0.4 is 10.6 Å². The van der Waals surface area contributed by atoms with Crippen molar-refractivity contribution in [1.29, 1.82) is 0 Å². The highest BCUT2D eigenvalue weighted by Gasteiger charge is 2.25. The number of nitrogens with one attached hydrogen (secondary N) is 2. The third-order valence-electron chi connectivity index (χ3n) is 3.98. The number of amides is 2. The van der Waals surface area contributed by atoms with Gasteiger partial charge in [-0.2, -0.15) is 0 Å². The standard InChI is InChI=1S/C19H26N4O2S/c1-5-6-7-15(24)20-16(12(2)3)17(25)21-19-23-22-18(26-19)14-10-8-13(4)9-11-14/h8-12,16H,5-7H2,1-4H3,(H,20,24)(H,21,23,25)/t16-/m1/s1. The molecule has 26 heavy (non-hydrogen) atoms. The first-order valence-electron chi connectivity index (χ1n) is 8.91. The summed E-state index contributed by atoms with van der Waals surface area (Å²) < 4.78 is 0. The largest absolute Gasteiger partial charge is 0.344 e. The maximum atomic E-state index is 12.6. The molecule has 2 N–H and O–H groups in total. The minimum Gasteiger partial charge on any atom is -0.344 e. The van der Waals surface area contributed by atoms with Crippen molar-refractivity contribution in [2.24, 2.45) is 5.92 Å². The van der Waals surface area contributed by atoms with E-state index in [0.717, 1.165) is 23.4 Å². The molecule has 0 fully saturated rings. The Hall–Kier alpha value is -2.28. The number of carbonyl (C=O) groups excluding carboxylic acids is 2. The summed E-state index contributed by atoms with van der Waals surface area (Å²) in [6.07, 6.45) is 2.19. The van der Waals surface area contributed by atoms with Gasteiger partial charge in [0.1, 0.15) is 11.0 Å². The van der Waals surface area contributed by atoms with E-state index in [1.54, 1.807) is 0 Å². The second-order valence-electron chi connectivity index (χ2n) is 6.66. The van der Waals surface area contributed by atoms with E-state index in [9.17, 15) is 9.59 Å². The number of hydrogen-bond acceptors (Lipinski definition) is 5. The molecule has 0 aliphatic carbocycles. The highest BCUT2D eigenvalue weighted by Crippen LogP contribution is 2.26. The highest BCUT2D eigenvalue weighted by atomic mass is 32.1. The van der Waals surface area contributed by atoms with Crippen LogP contribution in [0.5, 0.6) is 0 Å². The zero-order valence-corrected chi connectivity index (χ0v) is 16.5. The van der Waals surface area contributed by atoms with E-state index in [4.69, 9.17) is 0 Å². The van der Waals surface area contributed by atoms with E-state index in [-0.39, 0.29) is 17.7 Å². The number of benzene rings is 1. The van der Waals surface area contributed by atoms with Crippen LogP contribution in [-0.4, -0.2) is 28.1 Å². The molecule has 0 radical (unpaired) electrons. The van der Waals surface area contributed by atoms with E-state index in [0.29, 0.717) is 11.6 Å². The van der Waals surface area contributed by atoms with E-state index in [1.807, 2.05) is 52.0 Å². The third kappa shape index (κ3) is 5.62. The number of aromatic nitrogens is 2. The van der Waals surface area contributed by atoms with Gasteiger partial charge >= 0.3 is 0 Å². The fraction of sp³-hybridized carbons (Fsp3) is 0.474. The summed E-state index contributed by atoms with van der Waals surface area (Å²) in [5.74, 6) is -0.389. The summed E-state index contributed by atoms with van der Waals surface area (Å²) in [6, 6.07) is 7.38. The Balaban J connectivity index is 2.02. The van der Waals surface area contributed by atoms with Crippen LogP contribution in [-0.2, 0) is 9.59 Å². The fourth-order valence-corrected chi connectivity index (χ4v) is 3.14. The lowest BCUT2D eigenvalue weighted by Gasteiger charge is -2.20. The van der Waals surface area contributed by atoms with Crippen LogP contribution in [0.3, 0.4) is 0 Å². The minimum absolute atomic E-state index is 0.0231. The summed E-state index contributed by atoms with van der Waals surface area (Å²) in [7, 11) is 0. The van der Waals surface area contributed by atoms with Gasteiger partial charge < -0.3 is 5.32 Å². The van der Waals surface area contributed by atoms with Gasteiger partial charge in [0.15, 0.2) is 0 Å². The molecule has 7 heteroatoms. The summed E-state index contributed by atoms with van der Waals surface area (Å²) in [4.78, 5) is 24.5. The van der Waals surface area contributed by atoms with Crippen LogP contribution in [0.1, 0.15) is 45.6 Å². The first-order chi connectivity index (χ1) is 12.4. The predicted molar refractivity (Wildman–Crippen MR) is 105 cm³/mol. The van der Waals surface area contributed by atoms with Crippen molar-refractivity contribution in [2.75, 3.05) is 5.32 Å². The van der Waals surface area contributed by atoms with Gasteiger partial charge in [0.25, 0.3) is 0 Å². The van der Waals surface area contributed by atoms with Crippen molar-refractivity contribution in [3.8, 4) is 10.6 Å². The summed E-state index contributed by atoms with van der Waals surface area (Å²) >= 11 is 1.32. The van der Waals surface area contributed by atoms with Crippen molar-refractivity contribution in [1.82, 2.24) is 15.5 Å². The number of nitrogens with zero attached hydrogens (tertiary/aromatic N) is 2. The fourth-order valence-electron chi connectivity index (χ4n) is 2.39. The zero-order valence-electron chi connectivity index (χ0n) is 15.7. The van der Waals surface area contributed by atoms with Crippen LogP contribution in [0.15, 0.2) is 24.3 Å². The first kappa shape index (κ1) is 20.0. The second kappa shape index (κ2) is 9.43. The molecule has 1 aromatic heterocycles. The van der Waals surface area contributed by atoms with Gasteiger partial charge in [0.05, 0.1) is 0 Å². The number of carbonyl (C=O) groups is 2. The molecule has 6 nitrogen and oxygen atoms in total. The Morgan fingerprint density at radius 3 is 2.46 bits per heavy atom. The maximum absolute atomic E-state index is 12.6. The third-order valence-corrected chi connectivity index (χ3v) is 4.86. The Labute approximate surface area is 158 Å². The number of aryl methyl sites for hydroxylation is 1. The molecule has 0 unspecified atom stereocenters. The minimum atomic E-state index is -0.592. The quantitative estimate of drug-likeness (QED) is 0.736. The van der Waals surface area contributed by atoms with Gasteiger partial charge in [-0.15, -0.1) is 10.2 Å². The molecular weight excluding hydrogens is 348 g/mol. The average Bonchev–Trinajstić information content (AvgIpc) is 3.06. The lowest BCUT2D eigenvalue weighted by atomic mass is 10.0. The number of unbranched alkanes of at least 4 members (excludes halogenated alkanes) is 1. The molecule has 1 atom stereocenters. The first-order valence-corrected chi connectivity index (χ1v) is 9.73. The van der Waals surface area contributed by atoms with Gasteiger partial charge in [0, 0.05) is 12.0 Å². The van der Waals surface area contributed by atoms with Gasteiger partial charge in [-0.1, -0.05) is 68.4 Å². The lowest BCUT2D eigenvalue weighted by molar-refractivity contribution is -0.127. The Morgan fingerprint density at radius 2 is 1.85 bits per heavy atom. The Kier molecular flexibility index (Phi) is 7.26. The molecule has 140 valence electrons. The molecule has 0 aliphatic heterocycles. The molecule has 0 bridgehead atoms. The van der Waals surface area contributed by atoms with Gasteiger partial charge in [-0.05, 0) is 19.3 Å². The molecular formula is C19H26N4O2S. The molecule has 2 amide bonds. The van der Waals surface area contributed by atoms with E-state index in [2.05, 4.69) is 20.8 Å². The number of rotatable bonds is 8. The van der Waals surface area contributed by atoms with Crippen LogP contribution >= 0.6 is 11.3 Å². The average molecular weight is 375 g/mol. The summed E-state index contributed by atoms with van der Waals surface area (Å²) in [5, 5.41) is 15.0. The lowest BCUT2D eigenvalue weighted by Crippen LogP contribution is -2.47. The van der Waals surface area contributed by atoms with Crippen LogP contribution in [0.25, 0.3) is 10.6 Å². The van der Waals surface area contributed by atoms with E-state index in [1.165, 1.54) is 16.9 Å². The Bertz CT molecular complexity index is 740. The summed E-state index contributed by atoms with van der Waals surface area (Å²) in [6.45, 7) is 7.86. The molecule has 0 aliphatic rings. The smallest absolute Gasteiger partial charge is 0.249 e. The van der Waals surface area contributed by atoms with Crippen molar-refractivity contribution in [3.05, 3.63) is 29.8 Å². The maximum Gasteiger partial charge on any atom is 0.249 e. The molecule has 1 aromatic carbocycles. The normalized spacial score (nSPS) is 12.0. The molecule has 0 saturated carbocycles. The van der Waals surface area contributed by atoms with Gasteiger partial charge in [-0.25, -0.2) is 0 Å². The van der Waals surface area contributed by atoms with E-state index < -0.39 is 6.04 Å². The van der Waals surface area contributed by atoms with Crippen LogP contribution in [0.2, 0.25) is 0 Å². The van der Waals surface area contributed by atoms with Crippen molar-refractivity contribution >= 4 is 28.3 Å². The van der Waals surface area contributed by atoms with Crippen molar-refractivity contribution in [3.63, 3.8) is 0 Å². The predicted octanol–water partition coefficient (Wildman–Crippen LogP) is 3.78. The number of hydrogen-bond donors (Lipinski definition) is 2. The van der Waals surface area contributed by atoms with Crippen molar-refractivity contribution < 1.29 is 9.59 Å². The van der Waals surface area contributed by atoms with Crippen LogP contribution in [0, 0.1) is 12.8 Å². The highest BCUT2D eigenvalue weighted by molar-refractivity contribution is 7.18. The second-order valence-corrected chi connectivity index (χ2v) is 7.64. The monoisotopic (exact) mass is 374 g/mol. The Morgan fingerprint density at radius 1 is 1.15 bits per heavy atom.